The highest BCUT2D eigenvalue weighted by Crippen LogP contribution is 2.30. The highest BCUT2D eigenvalue weighted by Gasteiger charge is 2.25. The van der Waals surface area contributed by atoms with Crippen molar-refractivity contribution >= 4 is 17.4 Å². The minimum Gasteiger partial charge on any atom is -0.303 e. The Labute approximate surface area is 178 Å². The van der Waals surface area contributed by atoms with Crippen LogP contribution in [0.1, 0.15) is 53.1 Å². The lowest BCUT2D eigenvalue weighted by Crippen LogP contribution is -2.35. The van der Waals surface area contributed by atoms with Crippen LogP contribution in [0.15, 0.2) is 48.5 Å². The molecule has 0 spiro atoms. The van der Waals surface area contributed by atoms with E-state index in [4.69, 9.17) is 6.42 Å². The number of piperidine rings is 1. The number of hydrogen-bond donors (Lipinski definition) is 0. The topological polar surface area (TPSA) is 40.6 Å². The Kier molecular flexibility index (Phi) is 6.30. The molecule has 0 bridgehead atoms. The molecule has 2 aliphatic heterocycles. The number of amides is 1. The standard InChI is InChI=1S/C26H28N2O2/c1-2-15-28-24-10-8-23(19-22(24)9-11-26(28)30)25(29)14-18-27-16-12-21(13-17-27)20-6-4-3-5-7-20/h1,3-8,10,19,21H,9,11-18H2. The predicted molar refractivity (Wildman–Crippen MR) is 120 cm³/mol. The number of terminal acetylenes is 1. The summed E-state index contributed by atoms with van der Waals surface area (Å²) in [4.78, 5) is 29.0. The minimum absolute atomic E-state index is 0.0541. The lowest BCUT2D eigenvalue weighted by molar-refractivity contribution is -0.118. The van der Waals surface area contributed by atoms with Gasteiger partial charge in [0.1, 0.15) is 0 Å². The van der Waals surface area contributed by atoms with Crippen LogP contribution in [0.25, 0.3) is 0 Å². The van der Waals surface area contributed by atoms with Crippen molar-refractivity contribution in [1.82, 2.24) is 4.90 Å². The van der Waals surface area contributed by atoms with Gasteiger partial charge in [0.25, 0.3) is 0 Å². The van der Waals surface area contributed by atoms with E-state index in [0.717, 1.165) is 49.3 Å². The maximum absolute atomic E-state index is 12.8. The molecular weight excluding hydrogens is 372 g/mol. The third kappa shape index (κ3) is 4.47. The molecule has 1 saturated heterocycles. The lowest BCUT2D eigenvalue weighted by atomic mass is 9.89. The Bertz CT molecular complexity index is 953. The largest absolute Gasteiger partial charge is 0.303 e. The van der Waals surface area contributed by atoms with E-state index in [1.165, 1.54) is 5.56 Å². The quantitative estimate of drug-likeness (QED) is 0.543. The summed E-state index contributed by atoms with van der Waals surface area (Å²) in [7, 11) is 0. The highest BCUT2D eigenvalue weighted by atomic mass is 16.2. The molecule has 0 N–H and O–H groups in total. The fourth-order valence-corrected chi connectivity index (χ4v) is 4.62. The van der Waals surface area contributed by atoms with Gasteiger partial charge in [-0.25, -0.2) is 0 Å². The van der Waals surface area contributed by atoms with E-state index in [-0.39, 0.29) is 18.2 Å². The van der Waals surface area contributed by atoms with Gasteiger partial charge in [-0.15, -0.1) is 6.42 Å². The molecule has 1 fully saturated rings. The molecule has 1 amide bonds. The molecule has 2 heterocycles. The summed E-state index contributed by atoms with van der Waals surface area (Å²) in [6.45, 7) is 3.16. The van der Waals surface area contributed by atoms with Crippen LogP contribution in [0, 0.1) is 12.3 Å². The van der Waals surface area contributed by atoms with Crippen LogP contribution in [0.4, 0.5) is 5.69 Å². The molecule has 0 radical (unpaired) electrons. The summed E-state index contributed by atoms with van der Waals surface area (Å²) in [5.41, 5.74) is 4.06. The van der Waals surface area contributed by atoms with E-state index >= 15 is 0 Å². The van der Waals surface area contributed by atoms with Gasteiger partial charge in [-0.3, -0.25) is 9.59 Å². The molecule has 4 rings (SSSR count). The second-order valence-electron chi connectivity index (χ2n) is 8.23. The molecule has 2 aromatic rings. The zero-order valence-electron chi connectivity index (χ0n) is 17.3. The van der Waals surface area contributed by atoms with Gasteiger partial charge in [-0.1, -0.05) is 36.3 Å². The molecule has 4 heteroatoms. The molecule has 2 aliphatic rings. The average Bonchev–Trinajstić information content (AvgIpc) is 2.80. The number of anilines is 1. The second-order valence-corrected chi connectivity index (χ2v) is 8.23. The van der Waals surface area contributed by atoms with Crippen molar-refractivity contribution < 1.29 is 9.59 Å². The van der Waals surface area contributed by atoms with E-state index in [1.807, 2.05) is 18.2 Å². The summed E-state index contributed by atoms with van der Waals surface area (Å²) >= 11 is 0. The van der Waals surface area contributed by atoms with Crippen molar-refractivity contribution in [2.75, 3.05) is 31.1 Å². The normalized spacial score (nSPS) is 17.4. The molecular formula is C26H28N2O2. The number of ketones is 1. The van der Waals surface area contributed by atoms with Crippen LogP contribution < -0.4 is 4.90 Å². The van der Waals surface area contributed by atoms with E-state index in [1.54, 1.807) is 4.90 Å². The zero-order chi connectivity index (χ0) is 20.9. The molecule has 0 atom stereocenters. The summed E-state index contributed by atoms with van der Waals surface area (Å²) in [6.07, 6.45) is 9.35. The van der Waals surface area contributed by atoms with Gasteiger partial charge in [-0.05, 0) is 67.6 Å². The van der Waals surface area contributed by atoms with Crippen LogP contribution in [-0.4, -0.2) is 42.8 Å². The van der Waals surface area contributed by atoms with Crippen LogP contribution in [-0.2, 0) is 11.2 Å². The highest BCUT2D eigenvalue weighted by molar-refractivity contribution is 6.00. The molecule has 0 saturated carbocycles. The number of likely N-dealkylation sites (tertiary alicyclic amines) is 1. The molecule has 0 aromatic heterocycles. The Morgan fingerprint density at radius 2 is 1.83 bits per heavy atom. The van der Waals surface area contributed by atoms with Crippen molar-refractivity contribution in [3.63, 3.8) is 0 Å². The van der Waals surface area contributed by atoms with Crippen LogP contribution >= 0.6 is 0 Å². The number of aryl methyl sites for hydroxylation is 1. The van der Waals surface area contributed by atoms with Crippen molar-refractivity contribution in [2.45, 2.75) is 38.0 Å². The Morgan fingerprint density at radius 3 is 2.57 bits per heavy atom. The third-order valence-corrected chi connectivity index (χ3v) is 6.36. The fourth-order valence-electron chi connectivity index (χ4n) is 4.62. The van der Waals surface area contributed by atoms with Crippen molar-refractivity contribution in [1.29, 1.82) is 0 Å². The van der Waals surface area contributed by atoms with E-state index in [2.05, 4.69) is 41.2 Å². The number of carbonyl (C=O) groups excluding carboxylic acids is 2. The second kappa shape index (κ2) is 9.28. The van der Waals surface area contributed by atoms with Crippen LogP contribution in [0.5, 0.6) is 0 Å². The first kappa shape index (κ1) is 20.4. The molecule has 0 aliphatic carbocycles. The van der Waals surface area contributed by atoms with E-state index in [0.29, 0.717) is 25.2 Å². The van der Waals surface area contributed by atoms with Crippen LogP contribution in [0.3, 0.4) is 0 Å². The summed E-state index contributed by atoms with van der Waals surface area (Å²) in [5, 5.41) is 0. The van der Waals surface area contributed by atoms with Crippen LogP contribution in [0.2, 0.25) is 0 Å². The van der Waals surface area contributed by atoms with Gasteiger partial charge in [0, 0.05) is 30.6 Å². The summed E-state index contributed by atoms with van der Waals surface area (Å²) in [6, 6.07) is 16.4. The van der Waals surface area contributed by atoms with E-state index < -0.39 is 0 Å². The Hall–Kier alpha value is -2.90. The number of carbonyl (C=O) groups is 2. The van der Waals surface area contributed by atoms with Gasteiger partial charge in [0.15, 0.2) is 5.78 Å². The summed E-state index contributed by atoms with van der Waals surface area (Å²) < 4.78 is 0. The monoisotopic (exact) mass is 400 g/mol. The van der Waals surface area contributed by atoms with Crippen molar-refractivity contribution in [3.05, 3.63) is 65.2 Å². The first-order valence-corrected chi connectivity index (χ1v) is 10.8. The van der Waals surface area contributed by atoms with Gasteiger partial charge in [0.05, 0.1) is 6.54 Å². The van der Waals surface area contributed by atoms with Crippen molar-refractivity contribution in [2.24, 2.45) is 0 Å². The SMILES string of the molecule is C#CCN1C(=O)CCc2cc(C(=O)CCN3CCC(c4ccccc4)CC3)ccc21. The number of hydrogen-bond acceptors (Lipinski definition) is 3. The first-order valence-electron chi connectivity index (χ1n) is 10.8. The average molecular weight is 401 g/mol. The number of Topliss-reactive ketones (excluding diaryl/α,β-unsaturated/α-hetero) is 1. The maximum Gasteiger partial charge on any atom is 0.228 e. The number of benzene rings is 2. The first-order chi connectivity index (χ1) is 14.7. The Morgan fingerprint density at radius 1 is 1.07 bits per heavy atom. The summed E-state index contributed by atoms with van der Waals surface area (Å²) in [5.74, 6) is 3.40. The predicted octanol–water partition coefficient (Wildman–Crippen LogP) is 4.05. The van der Waals surface area contributed by atoms with Gasteiger partial charge in [-0.2, -0.15) is 0 Å². The maximum atomic E-state index is 12.8. The number of rotatable bonds is 6. The molecule has 4 nitrogen and oxygen atoms in total. The van der Waals surface area contributed by atoms with E-state index in [9.17, 15) is 9.59 Å². The number of fused-ring (bicyclic) bond motifs is 1. The van der Waals surface area contributed by atoms with Gasteiger partial charge in [0.2, 0.25) is 5.91 Å². The van der Waals surface area contributed by atoms with Crippen molar-refractivity contribution in [3.8, 4) is 12.3 Å². The molecule has 2 aromatic carbocycles. The lowest BCUT2D eigenvalue weighted by Gasteiger charge is -2.32. The molecule has 30 heavy (non-hydrogen) atoms. The zero-order valence-corrected chi connectivity index (χ0v) is 17.3. The Balaban J connectivity index is 1.32. The van der Waals surface area contributed by atoms with Gasteiger partial charge < -0.3 is 9.80 Å². The minimum atomic E-state index is 0.0541. The molecule has 154 valence electrons. The number of nitrogens with zero attached hydrogens (tertiary/aromatic N) is 2. The molecule has 0 unspecified atom stereocenters. The smallest absolute Gasteiger partial charge is 0.228 e. The third-order valence-electron chi connectivity index (χ3n) is 6.36. The van der Waals surface area contributed by atoms with Gasteiger partial charge >= 0.3 is 0 Å². The fraction of sp³-hybridized carbons (Fsp3) is 0.385.